The molecule has 100 valence electrons. The Kier molecular flexibility index (Phi) is 4.38. The molecule has 0 aliphatic heterocycles. The minimum absolute atomic E-state index is 0.0192. The molecule has 0 heterocycles. The van der Waals surface area contributed by atoms with Gasteiger partial charge in [0.1, 0.15) is 5.82 Å². The lowest BCUT2D eigenvalue weighted by molar-refractivity contribution is -0.203. The standard InChI is InChI=1S/C10H13FN2O4S/c1-8(14)13(15)12(2)18(16,17)7-9-4-3-5-10(11)6-9/h3-6,15H,7H2,1-2H3. The summed E-state index contributed by atoms with van der Waals surface area (Å²) in [7, 11) is -2.93. The Balaban J connectivity index is 2.92. The first-order valence-corrected chi connectivity index (χ1v) is 6.55. The van der Waals surface area contributed by atoms with Gasteiger partial charge in [0.2, 0.25) is 10.0 Å². The number of amides is 1. The highest BCUT2D eigenvalue weighted by molar-refractivity contribution is 7.88. The largest absolute Gasteiger partial charge is 0.271 e. The van der Waals surface area contributed by atoms with E-state index in [4.69, 9.17) is 0 Å². The van der Waals surface area contributed by atoms with Gasteiger partial charge in [-0.15, -0.1) is 5.17 Å². The third-order valence-corrected chi connectivity index (χ3v) is 3.85. The van der Waals surface area contributed by atoms with Gasteiger partial charge in [-0.25, -0.2) is 12.8 Å². The number of rotatable bonds is 4. The van der Waals surface area contributed by atoms with Gasteiger partial charge in [0, 0.05) is 14.0 Å². The van der Waals surface area contributed by atoms with Crippen LogP contribution in [0.15, 0.2) is 24.3 Å². The quantitative estimate of drug-likeness (QED) is 0.650. The van der Waals surface area contributed by atoms with Crippen LogP contribution < -0.4 is 0 Å². The van der Waals surface area contributed by atoms with Crippen molar-refractivity contribution in [1.82, 2.24) is 9.59 Å². The fourth-order valence-corrected chi connectivity index (χ4v) is 2.39. The highest BCUT2D eigenvalue weighted by Gasteiger charge is 2.25. The lowest BCUT2D eigenvalue weighted by Gasteiger charge is -2.23. The summed E-state index contributed by atoms with van der Waals surface area (Å²) in [5.41, 5.74) is 0.221. The Bertz CT molecular complexity index is 547. The lowest BCUT2D eigenvalue weighted by atomic mass is 10.2. The van der Waals surface area contributed by atoms with Gasteiger partial charge in [-0.2, -0.15) is 0 Å². The van der Waals surface area contributed by atoms with Gasteiger partial charge in [-0.1, -0.05) is 16.5 Å². The highest BCUT2D eigenvalue weighted by Crippen LogP contribution is 2.12. The fraction of sp³-hybridized carbons (Fsp3) is 0.300. The number of carbonyl (C=O) groups excluding carboxylic acids is 1. The molecule has 0 aliphatic carbocycles. The van der Waals surface area contributed by atoms with Crippen molar-refractivity contribution in [3.63, 3.8) is 0 Å². The summed E-state index contributed by atoms with van der Waals surface area (Å²) in [5.74, 6) is -1.93. The maximum atomic E-state index is 12.9. The Morgan fingerprint density at radius 1 is 1.44 bits per heavy atom. The Morgan fingerprint density at radius 2 is 2.06 bits per heavy atom. The molecule has 0 atom stereocenters. The molecule has 0 unspecified atom stereocenters. The van der Waals surface area contributed by atoms with E-state index in [0.29, 0.717) is 4.41 Å². The maximum Gasteiger partial charge on any atom is 0.259 e. The fourth-order valence-electron chi connectivity index (χ4n) is 1.25. The van der Waals surface area contributed by atoms with Crippen molar-refractivity contribution in [3.05, 3.63) is 35.6 Å². The van der Waals surface area contributed by atoms with Crippen LogP contribution in [0, 0.1) is 5.82 Å². The van der Waals surface area contributed by atoms with E-state index >= 15 is 0 Å². The van der Waals surface area contributed by atoms with Gasteiger partial charge in [0.05, 0.1) is 5.75 Å². The van der Waals surface area contributed by atoms with E-state index in [0.717, 1.165) is 20.0 Å². The minimum Gasteiger partial charge on any atom is -0.271 e. The van der Waals surface area contributed by atoms with Gasteiger partial charge in [-0.3, -0.25) is 10.0 Å². The van der Waals surface area contributed by atoms with Crippen molar-refractivity contribution in [1.29, 1.82) is 0 Å². The molecule has 0 saturated heterocycles. The van der Waals surface area contributed by atoms with E-state index < -0.39 is 27.5 Å². The molecule has 0 radical (unpaired) electrons. The van der Waals surface area contributed by atoms with E-state index in [9.17, 15) is 22.8 Å². The molecule has 1 amide bonds. The first-order valence-electron chi connectivity index (χ1n) is 4.94. The van der Waals surface area contributed by atoms with Crippen LogP contribution in [0.5, 0.6) is 0 Å². The topological polar surface area (TPSA) is 77.9 Å². The third-order valence-electron chi connectivity index (χ3n) is 2.19. The molecule has 8 heteroatoms. The first-order chi connectivity index (χ1) is 8.24. The van der Waals surface area contributed by atoms with Crippen molar-refractivity contribution < 1.29 is 22.8 Å². The second-order valence-corrected chi connectivity index (χ2v) is 5.61. The number of hydroxylamine groups is 1. The summed E-state index contributed by atoms with van der Waals surface area (Å²) in [6.45, 7) is 1.01. The van der Waals surface area contributed by atoms with Crippen LogP contribution in [-0.2, 0) is 20.6 Å². The minimum atomic E-state index is -3.95. The van der Waals surface area contributed by atoms with Crippen LogP contribution in [0.4, 0.5) is 4.39 Å². The van der Waals surface area contributed by atoms with Crippen LogP contribution in [0.3, 0.4) is 0 Å². The van der Waals surface area contributed by atoms with Crippen LogP contribution >= 0.6 is 0 Å². The van der Waals surface area contributed by atoms with Crippen LogP contribution in [0.25, 0.3) is 0 Å². The van der Waals surface area contributed by atoms with Crippen molar-refractivity contribution >= 4 is 15.9 Å². The SMILES string of the molecule is CC(=O)N(O)N(C)S(=O)(=O)Cc1cccc(F)c1. The number of hydrogen-bond acceptors (Lipinski definition) is 4. The maximum absolute atomic E-state index is 12.9. The summed E-state index contributed by atoms with van der Waals surface area (Å²) < 4.78 is 36.9. The zero-order valence-corrected chi connectivity index (χ0v) is 10.7. The summed E-state index contributed by atoms with van der Waals surface area (Å²) >= 11 is 0. The molecule has 18 heavy (non-hydrogen) atoms. The smallest absolute Gasteiger partial charge is 0.259 e. The number of hydrogen-bond donors (Lipinski definition) is 1. The van der Waals surface area contributed by atoms with Gasteiger partial charge in [0.15, 0.2) is 0 Å². The Labute approximate surface area is 104 Å². The van der Waals surface area contributed by atoms with Crippen LogP contribution in [-0.4, -0.2) is 36.2 Å². The molecule has 1 rings (SSSR count). The highest BCUT2D eigenvalue weighted by atomic mass is 32.2. The van der Waals surface area contributed by atoms with Crippen molar-refractivity contribution in [2.45, 2.75) is 12.7 Å². The van der Waals surface area contributed by atoms with Crippen LogP contribution in [0.2, 0.25) is 0 Å². The number of benzene rings is 1. The Hall–Kier alpha value is -1.51. The number of hydrazine groups is 1. The van der Waals surface area contributed by atoms with Gasteiger partial charge in [-0.05, 0) is 17.7 Å². The van der Waals surface area contributed by atoms with Crippen molar-refractivity contribution in [2.24, 2.45) is 0 Å². The molecule has 0 saturated carbocycles. The van der Waals surface area contributed by atoms with Gasteiger partial charge in [0.25, 0.3) is 5.91 Å². The van der Waals surface area contributed by atoms with Gasteiger partial charge >= 0.3 is 0 Å². The molecule has 6 nitrogen and oxygen atoms in total. The van der Waals surface area contributed by atoms with E-state index in [1.807, 2.05) is 0 Å². The summed E-state index contributed by atoms with van der Waals surface area (Å²) in [4.78, 5) is 10.8. The monoisotopic (exact) mass is 276 g/mol. The summed E-state index contributed by atoms with van der Waals surface area (Å²) in [5, 5.41) is 9.20. The van der Waals surface area contributed by atoms with Crippen molar-refractivity contribution in [2.75, 3.05) is 7.05 Å². The summed E-state index contributed by atoms with van der Waals surface area (Å²) in [6.07, 6.45) is 0. The molecule has 1 N–H and O–H groups in total. The average Bonchev–Trinajstić information content (AvgIpc) is 2.26. The molecule has 0 aromatic heterocycles. The molecule has 0 fully saturated rings. The normalized spacial score (nSPS) is 11.6. The molecule has 1 aromatic carbocycles. The predicted octanol–water partition coefficient (Wildman–Crippen LogP) is 0.740. The number of nitrogens with zero attached hydrogens (tertiary/aromatic N) is 2. The first kappa shape index (κ1) is 14.6. The average molecular weight is 276 g/mol. The molecule has 1 aromatic rings. The second-order valence-electron chi connectivity index (χ2n) is 3.63. The molecular formula is C10H13FN2O4S. The van der Waals surface area contributed by atoms with Crippen molar-refractivity contribution in [3.8, 4) is 0 Å². The zero-order chi connectivity index (χ0) is 13.9. The van der Waals surface area contributed by atoms with Gasteiger partial charge < -0.3 is 0 Å². The van der Waals surface area contributed by atoms with Crippen LogP contribution in [0.1, 0.15) is 12.5 Å². The van der Waals surface area contributed by atoms with E-state index in [1.54, 1.807) is 0 Å². The van der Waals surface area contributed by atoms with E-state index in [-0.39, 0.29) is 10.7 Å². The third kappa shape index (κ3) is 3.49. The lowest BCUT2D eigenvalue weighted by Crippen LogP contribution is -2.44. The predicted molar refractivity (Wildman–Crippen MR) is 61.1 cm³/mol. The second kappa shape index (κ2) is 5.42. The number of halogens is 1. The summed E-state index contributed by atoms with van der Waals surface area (Å²) in [6, 6.07) is 5.07. The molecule has 0 bridgehead atoms. The zero-order valence-electron chi connectivity index (χ0n) is 9.87. The number of carbonyl (C=O) groups is 1. The molecule has 0 aliphatic rings. The number of sulfonamides is 1. The Morgan fingerprint density at radius 3 is 2.56 bits per heavy atom. The molecule has 0 spiro atoms. The van der Waals surface area contributed by atoms with E-state index in [2.05, 4.69) is 0 Å². The van der Waals surface area contributed by atoms with E-state index in [1.165, 1.54) is 18.2 Å². The molecular weight excluding hydrogens is 263 g/mol.